The van der Waals surface area contributed by atoms with Gasteiger partial charge in [-0.3, -0.25) is 19.8 Å². The standard InChI is InChI=1S/C16H22ClN3O4/c1-11(2)15(19-5-7-24-8-6-19)10-18-16(21)13-9-12(20(22)23)3-4-14(13)17/h3-4,9,11,15H,5-8,10H2,1-2H3,(H,18,21). The summed E-state index contributed by atoms with van der Waals surface area (Å²) < 4.78 is 5.37. The lowest BCUT2D eigenvalue weighted by atomic mass is 10.0. The van der Waals surface area contributed by atoms with E-state index in [0.29, 0.717) is 25.7 Å². The number of carbonyl (C=O) groups excluding carboxylic acids is 1. The zero-order valence-electron chi connectivity index (χ0n) is 13.8. The van der Waals surface area contributed by atoms with E-state index in [1.165, 1.54) is 18.2 Å². The summed E-state index contributed by atoms with van der Waals surface area (Å²) in [5.41, 5.74) is -0.0338. The molecule has 1 aliphatic heterocycles. The first kappa shape index (κ1) is 18.6. The summed E-state index contributed by atoms with van der Waals surface area (Å²) in [6.45, 7) is 7.70. The Labute approximate surface area is 146 Å². The van der Waals surface area contributed by atoms with Gasteiger partial charge in [-0.2, -0.15) is 0 Å². The molecule has 1 aromatic carbocycles. The summed E-state index contributed by atoms with van der Waals surface area (Å²) >= 11 is 6.01. The van der Waals surface area contributed by atoms with Crippen molar-refractivity contribution in [2.45, 2.75) is 19.9 Å². The lowest BCUT2D eigenvalue weighted by Crippen LogP contribution is -2.51. The number of hydrogen-bond donors (Lipinski definition) is 1. The number of nitro benzene ring substituents is 1. The van der Waals surface area contributed by atoms with E-state index in [-0.39, 0.29) is 22.3 Å². The number of hydrogen-bond acceptors (Lipinski definition) is 5. The van der Waals surface area contributed by atoms with Crippen molar-refractivity contribution in [2.75, 3.05) is 32.8 Å². The van der Waals surface area contributed by atoms with Crippen LogP contribution in [-0.4, -0.2) is 54.6 Å². The first-order valence-corrected chi connectivity index (χ1v) is 8.32. The number of rotatable bonds is 6. The van der Waals surface area contributed by atoms with Crippen molar-refractivity contribution in [1.82, 2.24) is 10.2 Å². The highest BCUT2D eigenvalue weighted by atomic mass is 35.5. The second-order valence-corrected chi connectivity index (χ2v) is 6.50. The predicted octanol–water partition coefficient (Wildman–Crippen LogP) is 2.33. The highest BCUT2D eigenvalue weighted by molar-refractivity contribution is 6.33. The van der Waals surface area contributed by atoms with E-state index in [2.05, 4.69) is 24.1 Å². The predicted molar refractivity (Wildman–Crippen MR) is 91.5 cm³/mol. The SMILES string of the molecule is CC(C)C(CNC(=O)c1cc([N+](=O)[O-])ccc1Cl)N1CCOCC1. The second-order valence-electron chi connectivity index (χ2n) is 6.09. The van der Waals surface area contributed by atoms with E-state index in [1.807, 2.05) is 0 Å². The number of nitrogens with zero attached hydrogens (tertiary/aromatic N) is 2. The third kappa shape index (κ3) is 4.66. The molecule has 1 aliphatic rings. The van der Waals surface area contributed by atoms with E-state index in [0.717, 1.165) is 13.1 Å². The highest BCUT2D eigenvalue weighted by Gasteiger charge is 2.25. The number of non-ortho nitro benzene ring substituents is 1. The Kier molecular flexibility index (Phi) is 6.53. The van der Waals surface area contributed by atoms with E-state index in [9.17, 15) is 14.9 Å². The van der Waals surface area contributed by atoms with Crippen LogP contribution >= 0.6 is 11.6 Å². The lowest BCUT2D eigenvalue weighted by Gasteiger charge is -2.36. The Bertz CT molecular complexity index is 603. The molecule has 1 saturated heterocycles. The normalized spacial score (nSPS) is 16.8. The van der Waals surface area contributed by atoms with Crippen molar-refractivity contribution in [2.24, 2.45) is 5.92 Å². The smallest absolute Gasteiger partial charge is 0.270 e. The van der Waals surface area contributed by atoms with Crippen LogP contribution < -0.4 is 5.32 Å². The van der Waals surface area contributed by atoms with Crippen LogP contribution in [0, 0.1) is 16.0 Å². The molecule has 2 rings (SSSR count). The minimum atomic E-state index is -0.544. The van der Waals surface area contributed by atoms with Crippen molar-refractivity contribution in [3.63, 3.8) is 0 Å². The Morgan fingerprint density at radius 2 is 2.08 bits per heavy atom. The molecule has 0 aromatic heterocycles. The van der Waals surface area contributed by atoms with Gasteiger partial charge in [-0.25, -0.2) is 0 Å². The van der Waals surface area contributed by atoms with Crippen LogP contribution in [0.3, 0.4) is 0 Å². The largest absolute Gasteiger partial charge is 0.379 e. The maximum Gasteiger partial charge on any atom is 0.270 e. The maximum atomic E-state index is 12.4. The number of morpholine rings is 1. The molecule has 0 aliphatic carbocycles. The van der Waals surface area contributed by atoms with Gasteiger partial charge in [0, 0.05) is 37.8 Å². The summed E-state index contributed by atoms with van der Waals surface area (Å²) in [4.78, 5) is 25.0. The molecule has 0 bridgehead atoms. The number of benzene rings is 1. The van der Waals surface area contributed by atoms with Crippen LogP contribution in [0.15, 0.2) is 18.2 Å². The lowest BCUT2D eigenvalue weighted by molar-refractivity contribution is -0.384. The number of amides is 1. The fourth-order valence-electron chi connectivity index (χ4n) is 2.79. The summed E-state index contributed by atoms with van der Waals surface area (Å²) in [6.07, 6.45) is 0. The maximum absolute atomic E-state index is 12.4. The van der Waals surface area contributed by atoms with Crippen molar-refractivity contribution in [3.05, 3.63) is 38.9 Å². The summed E-state index contributed by atoms with van der Waals surface area (Å²) in [5.74, 6) is -0.0495. The number of nitro groups is 1. The molecule has 8 heteroatoms. The Morgan fingerprint density at radius 3 is 2.67 bits per heavy atom. The average Bonchev–Trinajstić information content (AvgIpc) is 2.55. The molecule has 1 heterocycles. The fraction of sp³-hybridized carbons (Fsp3) is 0.562. The molecule has 0 spiro atoms. The van der Waals surface area contributed by atoms with Crippen LogP contribution in [0.2, 0.25) is 5.02 Å². The second kappa shape index (κ2) is 8.41. The van der Waals surface area contributed by atoms with Crippen LogP contribution in [-0.2, 0) is 4.74 Å². The monoisotopic (exact) mass is 355 g/mol. The van der Waals surface area contributed by atoms with Crippen LogP contribution in [0.5, 0.6) is 0 Å². The quantitative estimate of drug-likeness (QED) is 0.625. The number of halogens is 1. The van der Waals surface area contributed by atoms with Crippen LogP contribution in [0.1, 0.15) is 24.2 Å². The van der Waals surface area contributed by atoms with E-state index >= 15 is 0 Å². The van der Waals surface area contributed by atoms with Gasteiger partial charge in [0.15, 0.2) is 0 Å². The zero-order valence-corrected chi connectivity index (χ0v) is 14.6. The molecular formula is C16H22ClN3O4. The third-order valence-electron chi connectivity index (χ3n) is 4.16. The number of carbonyl (C=O) groups is 1. The van der Waals surface area contributed by atoms with E-state index in [1.54, 1.807) is 0 Å². The van der Waals surface area contributed by atoms with Gasteiger partial charge >= 0.3 is 0 Å². The van der Waals surface area contributed by atoms with Gasteiger partial charge in [0.05, 0.1) is 28.7 Å². The van der Waals surface area contributed by atoms with Crippen LogP contribution in [0.25, 0.3) is 0 Å². The van der Waals surface area contributed by atoms with Gasteiger partial charge in [0.2, 0.25) is 0 Å². The molecule has 1 N–H and O–H groups in total. The number of nitrogens with one attached hydrogen (secondary N) is 1. The average molecular weight is 356 g/mol. The molecule has 1 unspecified atom stereocenters. The van der Waals surface area contributed by atoms with Crippen molar-refractivity contribution >= 4 is 23.2 Å². The van der Waals surface area contributed by atoms with E-state index in [4.69, 9.17) is 16.3 Å². The Balaban J connectivity index is 2.05. The molecule has 7 nitrogen and oxygen atoms in total. The topological polar surface area (TPSA) is 84.7 Å². The number of ether oxygens (including phenoxy) is 1. The molecule has 1 fully saturated rings. The minimum Gasteiger partial charge on any atom is -0.379 e. The van der Waals surface area contributed by atoms with Gasteiger partial charge < -0.3 is 10.1 Å². The molecule has 1 aromatic rings. The van der Waals surface area contributed by atoms with Gasteiger partial charge in [-0.1, -0.05) is 25.4 Å². The van der Waals surface area contributed by atoms with Crippen molar-refractivity contribution in [1.29, 1.82) is 0 Å². The first-order valence-electron chi connectivity index (χ1n) is 7.94. The van der Waals surface area contributed by atoms with Gasteiger partial charge in [-0.15, -0.1) is 0 Å². The van der Waals surface area contributed by atoms with Crippen molar-refractivity contribution < 1.29 is 14.5 Å². The Hall–Kier alpha value is -1.70. The third-order valence-corrected chi connectivity index (χ3v) is 4.49. The highest BCUT2D eigenvalue weighted by Crippen LogP contribution is 2.22. The first-order chi connectivity index (χ1) is 11.4. The summed E-state index contributed by atoms with van der Waals surface area (Å²) in [6, 6.07) is 4.03. The molecule has 0 radical (unpaired) electrons. The molecule has 0 saturated carbocycles. The summed E-state index contributed by atoms with van der Waals surface area (Å²) in [5, 5.41) is 13.9. The van der Waals surface area contributed by atoms with Gasteiger partial charge in [0.1, 0.15) is 0 Å². The minimum absolute atomic E-state index is 0.121. The molecule has 1 atom stereocenters. The van der Waals surface area contributed by atoms with E-state index < -0.39 is 10.8 Å². The van der Waals surface area contributed by atoms with Gasteiger partial charge in [-0.05, 0) is 12.0 Å². The van der Waals surface area contributed by atoms with Crippen LogP contribution in [0.4, 0.5) is 5.69 Å². The zero-order chi connectivity index (χ0) is 17.7. The van der Waals surface area contributed by atoms with Gasteiger partial charge in [0.25, 0.3) is 11.6 Å². The molecule has 132 valence electrons. The Morgan fingerprint density at radius 1 is 1.42 bits per heavy atom. The van der Waals surface area contributed by atoms with Crippen molar-refractivity contribution in [3.8, 4) is 0 Å². The summed E-state index contributed by atoms with van der Waals surface area (Å²) in [7, 11) is 0. The molecular weight excluding hydrogens is 334 g/mol. The molecule has 24 heavy (non-hydrogen) atoms. The fourth-order valence-corrected chi connectivity index (χ4v) is 2.99. The molecule has 1 amide bonds.